The maximum Gasteiger partial charge on any atom is 0.416 e. The van der Waals surface area contributed by atoms with Crippen LogP contribution in [0.4, 0.5) is 26.3 Å². The number of nitrogens with zero attached hydrogens (tertiary/aromatic N) is 4. The van der Waals surface area contributed by atoms with Gasteiger partial charge in [-0.2, -0.15) is 36.5 Å². The summed E-state index contributed by atoms with van der Waals surface area (Å²) in [6.07, 6.45) is -8.62. The van der Waals surface area contributed by atoms with E-state index in [9.17, 15) is 36.2 Å². The largest absolute Gasteiger partial charge is 0.416 e. The number of ether oxygens (including phenoxy) is 2. The first-order valence-electron chi connectivity index (χ1n) is 14.8. The Balaban J connectivity index is 0.000000260. The molecule has 266 valence electrons. The predicted molar refractivity (Wildman–Crippen MR) is 184 cm³/mol. The number of carbonyl (C=O) groups is 1. The third kappa shape index (κ3) is 11.0. The van der Waals surface area contributed by atoms with Crippen LogP contribution in [0.1, 0.15) is 27.0 Å². The Morgan fingerprint density at radius 1 is 0.750 bits per heavy atom. The molecule has 0 aliphatic heterocycles. The molecule has 4 aromatic rings. The first kappa shape index (κ1) is 40.3. The van der Waals surface area contributed by atoms with Crippen molar-refractivity contribution < 1.29 is 45.7 Å². The summed E-state index contributed by atoms with van der Waals surface area (Å²) >= 11 is 6.54. The van der Waals surface area contributed by atoms with Crippen molar-refractivity contribution in [2.24, 2.45) is 0 Å². The van der Waals surface area contributed by atoms with Gasteiger partial charge >= 0.3 is 12.4 Å². The van der Waals surface area contributed by atoms with Crippen LogP contribution in [0.2, 0.25) is 51.4 Å². The van der Waals surface area contributed by atoms with Crippen LogP contribution in [0.15, 0.2) is 33.5 Å². The summed E-state index contributed by atoms with van der Waals surface area (Å²) in [5, 5.41) is 18.4. The normalized spacial score (nSPS) is 12.9. The van der Waals surface area contributed by atoms with Crippen molar-refractivity contribution in [3.63, 3.8) is 0 Å². The highest BCUT2D eigenvalue weighted by Gasteiger charge is 2.33. The van der Waals surface area contributed by atoms with Crippen LogP contribution in [-0.2, 0) is 41.9 Å². The van der Waals surface area contributed by atoms with E-state index >= 15 is 0 Å². The van der Waals surface area contributed by atoms with Gasteiger partial charge in [-0.15, -0.1) is 0 Å². The summed E-state index contributed by atoms with van der Waals surface area (Å²) in [5.74, 6) is 0. The third-order valence-corrected chi connectivity index (χ3v) is 12.1. The van der Waals surface area contributed by atoms with Crippen LogP contribution in [0.25, 0.3) is 21.8 Å². The molecule has 4 rings (SSSR count). The molecule has 0 amide bonds. The van der Waals surface area contributed by atoms with Gasteiger partial charge in [-0.3, -0.25) is 4.79 Å². The molecule has 48 heavy (non-hydrogen) atoms. The number of rotatable bonds is 12. The molecule has 0 saturated carbocycles. The maximum atomic E-state index is 13.0. The number of benzene rings is 2. The zero-order valence-corrected chi connectivity index (χ0v) is 32.5. The lowest BCUT2D eigenvalue weighted by molar-refractivity contribution is -0.138. The van der Waals surface area contributed by atoms with E-state index in [0.29, 0.717) is 39.6 Å². The second kappa shape index (κ2) is 15.8. The molecule has 0 bridgehead atoms. The topological polar surface area (TPSA) is 91.4 Å². The highest BCUT2D eigenvalue weighted by molar-refractivity contribution is 9.10. The minimum Gasteiger partial charge on any atom is -0.392 e. The van der Waals surface area contributed by atoms with E-state index in [2.05, 4.69) is 81.3 Å². The van der Waals surface area contributed by atoms with E-state index in [-0.39, 0.29) is 35.5 Å². The number of fused-ring (bicyclic) bond motifs is 2. The van der Waals surface area contributed by atoms with Gasteiger partial charge in [0.15, 0.2) is 6.29 Å². The van der Waals surface area contributed by atoms with Crippen LogP contribution in [0, 0.1) is 0 Å². The number of aldehydes is 1. The monoisotopic (exact) mass is 846 g/mol. The molecule has 2 aromatic carbocycles. The fourth-order valence-electron chi connectivity index (χ4n) is 4.27. The quantitative estimate of drug-likeness (QED) is 0.0662. The number of carbonyl (C=O) groups excluding carboxylic acids is 1. The van der Waals surface area contributed by atoms with E-state index in [4.69, 9.17) is 9.47 Å². The molecule has 0 spiro atoms. The van der Waals surface area contributed by atoms with Gasteiger partial charge in [0, 0.05) is 51.3 Å². The van der Waals surface area contributed by atoms with Crippen molar-refractivity contribution in [1.29, 1.82) is 0 Å². The highest BCUT2D eigenvalue weighted by atomic mass is 79.9. The first-order valence-corrected chi connectivity index (χ1v) is 23.8. The van der Waals surface area contributed by atoms with Gasteiger partial charge < -0.3 is 14.6 Å². The third-order valence-electron chi connectivity index (χ3n) is 7.04. The van der Waals surface area contributed by atoms with Gasteiger partial charge in [-0.05, 0) is 68.2 Å². The van der Waals surface area contributed by atoms with Crippen LogP contribution < -0.4 is 0 Å². The molecule has 2 aromatic heterocycles. The van der Waals surface area contributed by atoms with Gasteiger partial charge in [-0.25, -0.2) is 9.36 Å². The Bertz CT molecular complexity index is 1730. The molecule has 1 N–H and O–H groups in total. The molecular weight excluding hydrogens is 810 g/mol. The van der Waals surface area contributed by atoms with E-state index in [1.807, 2.05) is 0 Å². The molecule has 0 aliphatic rings. The molecule has 0 saturated heterocycles. The Hall–Kier alpha value is -2.10. The smallest absolute Gasteiger partial charge is 0.392 e. The van der Waals surface area contributed by atoms with E-state index in [0.717, 1.165) is 36.4 Å². The average molecular weight is 849 g/mol. The summed E-state index contributed by atoms with van der Waals surface area (Å²) in [5.41, 5.74) is -1.08. The summed E-state index contributed by atoms with van der Waals surface area (Å²) in [6.45, 7) is 14.3. The van der Waals surface area contributed by atoms with Gasteiger partial charge in [0.05, 0.1) is 23.3 Å². The number of hydrogen-bond acceptors (Lipinski definition) is 6. The molecule has 2 heterocycles. The Kier molecular flexibility index (Phi) is 13.3. The van der Waals surface area contributed by atoms with Crippen LogP contribution >= 0.6 is 31.9 Å². The molecule has 0 aliphatic carbocycles. The SMILES string of the molecule is C[Si](C)(C)CCOCn1nc2c(C=O)cc(C(F)(F)F)cc2c1Br.C[Si](C)(C)CCOCn1nc2c(CO)cc(C(F)(F)F)cc2c1Br. The molecule has 0 fully saturated rings. The lowest BCUT2D eigenvalue weighted by atomic mass is 10.1. The molecule has 0 radical (unpaired) electrons. The predicted octanol–water partition coefficient (Wildman–Crippen LogP) is 9.56. The number of aliphatic hydroxyl groups is 1. The van der Waals surface area contributed by atoms with Crippen molar-refractivity contribution in [1.82, 2.24) is 19.6 Å². The van der Waals surface area contributed by atoms with E-state index in [1.54, 1.807) is 0 Å². The lowest BCUT2D eigenvalue weighted by Crippen LogP contribution is -2.22. The van der Waals surface area contributed by atoms with E-state index in [1.165, 1.54) is 9.36 Å². The van der Waals surface area contributed by atoms with E-state index < -0.39 is 46.2 Å². The Morgan fingerprint density at radius 2 is 1.17 bits per heavy atom. The first-order chi connectivity index (χ1) is 22.1. The van der Waals surface area contributed by atoms with Gasteiger partial charge in [0.2, 0.25) is 0 Å². The Labute approximate surface area is 293 Å². The van der Waals surface area contributed by atoms with Gasteiger partial charge in [-0.1, -0.05) is 39.3 Å². The van der Waals surface area contributed by atoms with Crippen molar-refractivity contribution in [3.05, 3.63) is 55.7 Å². The van der Waals surface area contributed by atoms with Crippen molar-refractivity contribution in [2.75, 3.05) is 13.2 Å². The molecule has 18 heteroatoms. The summed E-state index contributed by atoms with van der Waals surface area (Å²) < 4.78 is 92.6. The number of alkyl halides is 6. The number of hydrogen-bond donors (Lipinski definition) is 1. The fraction of sp³-hybridized carbons (Fsp3) is 0.500. The summed E-state index contributed by atoms with van der Waals surface area (Å²) in [6, 6.07) is 5.72. The minimum absolute atomic E-state index is 0.0960. The van der Waals surface area contributed by atoms with Crippen LogP contribution in [-0.4, -0.2) is 60.3 Å². The van der Waals surface area contributed by atoms with Crippen molar-refractivity contribution >= 4 is 76.1 Å². The number of aliphatic hydroxyl groups excluding tert-OH is 1. The number of aromatic nitrogens is 4. The zero-order chi connectivity index (χ0) is 36.2. The second-order valence-electron chi connectivity index (χ2n) is 13.5. The lowest BCUT2D eigenvalue weighted by Gasteiger charge is -2.15. The Morgan fingerprint density at radius 3 is 1.56 bits per heavy atom. The number of halogens is 8. The molecule has 0 atom stereocenters. The maximum absolute atomic E-state index is 13.0. The second-order valence-corrected chi connectivity index (χ2v) is 26.3. The standard InChI is InChI=1S/C15H20BrF3N2O2Si.C15H18BrF3N2O2Si/c2*1-24(2,3)5-4-23-9-21-14(16)12-7-11(15(17,18)19)6-10(8-22)13(12)20-21/h6-7,22H,4-5,8-9H2,1-3H3;6-8H,4-5,9H2,1-3H3. The van der Waals surface area contributed by atoms with Crippen LogP contribution in [0.5, 0.6) is 0 Å². The summed E-state index contributed by atoms with van der Waals surface area (Å²) in [7, 11) is -2.43. The van der Waals surface area contributed by atoms with Crippen LogP contribution in [0.3, 0.4) is 0 Å². The molecular formula is C30H38Br2F6N4O4Si2. The van der Waals surface area contributed by atoms with Gasteiger partial charge in [0.1, 0.15) is 28.2 Å². The highest BCUT2D eigenvalue weighted by Crippen LogP contribution is 2.37. The van der Waals surface area contributed by atoms with Crippen molar-refractivity contribution in [2.45, 2.75) is 83.8 Å². The minimum atomic E-state index is -4.53. The average Bonchev–Trinajstić information content (AvgIpc) is 3.46. The van der Waals surface area contributed by atoms with Gasteiger partial charge in [0.25, 0.3) is 0 Å². The molecule has 8 nitrogen and oxygen atoms in total. The van der Waals surface area contributed by atoms with Crippen molar-refractivity contribution in [3.8, 4) is 0 Å². The molecule has 0 unspecified atom stereocenters. The fourth-order valence-corrected chi connectivity index (χ4v) is 6.75. The summed E-state index contributed by atoms with van der Waals surface area (Å²) in [4.78, 5) is 11.1. The zero-order valence-electron chi connectivity index (χ0n) is 27.3.